The zero-order valence-electron chi connectivity index (χ0n) is 12.8. The third-order valence-electron chi connectivity index (χ3n) is 4.04. The molecule has 0 aliphatic heterocycles. The van der Waals surface area contributed by atoms with Crippen molar-refractivity contribution in [2.75, 3.05) is 0 Å². The minimum absolute atomic E-state index is 0.141. The third-order valence-corrected chi connectivity index (χ3v) is 5.11. The van der Waals surface area contributed by atoms with Crippen molar-refractivity contribution >= 4 is 11.3 Å². The van der Waals surface area contributed by atoms with Crippen LogP contribution in [0.15, 0.2) is 5.38 Å². The first-order valence-electron chi connectivity index (χ1n) is 7.77. The molecule has 108 valence electrons. The monoisotopic (exact) mass is 280 g/mol. The Morgan fingerprint density at radius 1 is 1.11 bits per heavy atom. The van der Waals surface area contributed by atoms with Crippen molar-refractivity contribution < 1.29 is 0 Å². The van der Waals surface area contributed by atoms with Crippen molar-refractivity contribution in [1.29, 1.82) is 0 Å². The van der Waals surface area contributed by atoms with Crippen molar-refractivity contribution in [2.45, 2.75) is 83.7 Å². The summed E-state index contributed by atoms with van der Waals surface area (Å²) in [5, 5.41) is 7.44. The van der Waals surface area contributed by atoms with Crippen LogP contribution in [0, 0.1) is 0 Å². The van der Waals surface area contributed by atoms with Gasteiger partial charge in [-0.2, -0.15) is 0 Å². The van der Waals surface area contributed by atoms with E-state index in [1.807, 2.05) is 11.3 Å². The Morgan fingerprint density at radius 3 is 2.21 bits per heavy atom. The Balaban J connectivity index is 2.29. The quantitative estimate of drug-likeness (QED) is 0.800. The van der Waals surface area contributed by atoms with Crippen molar-refractivity contribution in [3.63, 3.8) is 0 Å². The van der Waals surface area contributed by atoms with Gasteiger partial charge in [-0.05, 0) is 32.6 Å². The highest BCUT2D eigenvalue weighted by molar-refractivity contribution is 7.09. The molecule has 1 heterocycles. The zero-order chi connectivity index (χ0) is 13.9. The van der Waals surface area contributed by atoms with Gasteiger partial charge in [-0.15, -0.1) is 11.3 Å². The van der Waals surface area contributed by atoms with Crippen LogP contribution in [0.4, 0.5) is 0 Å². The first kappa shape index (κ1) is 15.0. The molecule has 1 saturated carbocycles. The summed E-state index contributed by atoms with van der Waals surface area (Å²) in [5.41, 5.74) is 1.40. The van der Waals surface area contributed by atoms with Crippen molar-refractivity contribution in [2.24, 2.45) is 0 Å². The van der Waals surface area contributed by atoms with Crippen LogP contribution in [0.2, 0.25) is 0 Å². The average Bonchev–Trinajstić information content (AvgIpc) is 2.72. The van der Waals surface area contributed by atoms with E-state index >= 15 is 0 Å². The van der Waals surface area contributed by atoms with Crippen LogP contribution in [0.5, 0.6) is 0 Å². The van der Waals surface area contributed by atoms with Crippen molar-refractivity contribution in [1.82, 2.24) is 10.3 Å². The highest BCUT2D eigenvalue weighted by Crippen LogP contribution is 2.38. The second-order valence-electron chi connectivity index (χ2n) is 6.53. The third kappa shape index (κ3) is 3.57. The summed E-state index contributed by atoms with van der Waals surface area (Å²) < 4.78 is 0. The molecule has 19 heavy (non-hydrogen) atoms. The minimum atomic E-state index is 0.141. The maximum atomic E-state index is 4.96. The van der Waals surface area contributed by atoms with E-state index in [9.17, 15) is 0 Å². The number of hydrogen-bond acceptors (Lipinski definition) is 3. The highest BCUT2D eigenvalue weighted by atomic mass is 32.1. The first-order chi connectivity index (χ1) is 9.03. The molecule has 0 bridgehead atoms. The minimum Gasteiger partial charge on any atom is -0.303 e. The summed E-state index contributed by atoms with van der Waals surface area (Å²) in [6.07, 6.45) is 7.91. The number of rotatable bonds is 4. The van der Waals surface area contributed by atoms with E-state index in [0.29, 0.717) is 12.0 Å². The number of nitrogens with zero attached hydrogens (tertiary/aromatic N) is 1. The van der Waals surface area contributed by atoms with Gasteiger partial charge in [0.25, 0.3) is 0 Å². The van der Waals surface area contributed by atoms with Crippen LogP contribution in [-0.4, -0.2) is 11.0 Å². The van der Waals surface area contributed by atoms with Crippen LogP contribution in [0.3, 0.4) is 0 Å². The predicted octanol–water partition coefficient (Wildman–Crippen LogP) is 4.81. The van der Waals surface area contributed by atoms with Gasteiger partial charge in [-0.3, -0.25) is 0 Å². The topological polar surface area (TPSA) is 24.9 Å². The lowest BCUT2D eigenvalue weighted by atomic mass is 9.90. The van der Waals surface area contributed by atoms with Crippen LogP contribution >= 0.6 is 11.3 Å². The maximum Gasteiger partial charge on any atom is 0.113 e. The molecule has 0 unspecified atom stereocenters. The molecular weight excluding hydrogens is 252 g/mol. The fourth-order valence-electron chi connectivity index (χ4n) is 3.08. The molecule has 3 heteroatoms. The van der Waals surface area contributed by atoms with E-state index in [1.165, 1.54) is 49.2 Å². The summed E-state index contributed by atoms with van der Waals surface area (Å²) in [4.78, 5) is 4.96. The lowest BCUT2D eigenvalue weighted by Gasteiger charge is -2.34. The molecule has 1 N–H and O–H groups in total. The van der Waals surface area contributed by atoms with Gasteiger partial charge >= 0.3 is 0 Å². The molecule has 2 rings (SSSR count). The summed E-state index contributed by atoms with van der Waals surface area (Å²) in [5.74, 6) is 0.534. The molecule has 1 aromatic heterocycles. The molecule has 0 amide bonds. The molecule has 1 aliphatic carbocycles. The lowest BCUT2D eigenvalue weighted by Crippen LogP contribution is -2.45. The Morgan fingerprint density at radius 2 is 1.74 bits per heavy atom. The fraction of sp³-hybridized carbons (Fsp3) is 0.812. The maximum absolute atomic E-state index is 4.96. The first-order valence-corrected chi connectivity index (χ1v) is 8.65. The molecule has 0 aromatic carbocycles. The van der Waals surface area contributed by atoms with E-state index in [4.69, 9.17) is 4.98 Å². The molecule has 0 atom stereocenters. The predicted molar refractivity (Wildman–Crippen MR) is 83.9 cm³/mol. The largest absolute Gasteiger partial charge is 0.303 e. The highest BCUT2D eigenvalue weighted by Gasteiger charge is 2.36. The lowest BCUT2D eigenvalue weighted by molar-refractivity contribution is 0.265. The van der Waals surface area contributed by atoms with Gasteiger partial charge < -0.3 is 5.32 Å². The van der Waals surface area contributed by atoms with E-state index in [-0.39, 0.29) is 5.54 Å². The molecule has 1 fully saturated rings. The fourth-order valence-corrected chi connectivity index (χ4v) is 4.28. The van der Waals surface area contributed by atoms with Crippen LogP contribution in [0.1, 0.15) is 82.8 Å². The Hall–Kier alpha value is -0.410. The molecular formula is C16H28N2S. The number of aromatic nitrogens is 1. The van der Waals surface area contributed by atoms with Crippen LogP contribution < -0.4 is 5.32 Å². The Kier molecular flexibility index (Phi) is 5.02. The van der Waals surface area contributed by atoms with Gasteiger partial charge in [-0.25, -0.2) is 4.98 Å². The standard InChI is InChI=1S/C16H28N2S/c1-12(2)14-11-19-15(17-14)16(18-13(3)4)9-7-5-6-8-10-16/h11-13,18H,5-10H2,1-4H3. The summed E-state index contributed by atoms with van der Waals surface area (Å²) in [6, 6.07) is 0.518. The second kappa shape index (κ2) is 6.36. The van der Waals surface area contributed by atoms with E-state index in [2.05, 4.69) is 38.4 Å². The van der Waals surface area contributed by atoms with E-state index in [0.717, 1.165) is 0 Å². The van der Waals surface area contributed by atoms with Crippen molar-refractivity contribution in [3.8, 4) is 0 Å². The molecule has 1 aliphatic rings. The SMILES string of the molecule is CC(C)NC1(c2nc(C(C)C)cs2)CCCCCC1. The normalized spacial score (nSPS) is 19.9. The number of thiazole rings is 1. The summed E-state index contributed by atoms with van der Waals surface area (Å²) in [6.45, 7) is 8.97. The molecule has 0 radical (unpaired) electrons. The Bertz CT molecular complexity index is 387. The smallest absolute Gasteiger partial charge is 0.113 e. The second-order valence-corrected chi connectivity index (χ2v) is 7.39. The van der Waals surface area contributed by atoms with Gasteiger partial charge in [0.1, 0.15) is 5.01 Å². The van der Waals surface area contributed by atoms with Gasteiger partial charge in [0, 0.05) is 11.4 Å². The zero-order valence-corrected chi connectivity index (χ0v) is 13.6. The number of nitrogens with one attached hydrogen (secondary N) is 1. The molecule has 2 nitrogen and oxygen atoms in total. The summed E-state index contributed by atoms with van der Waals surface area (Å²) >= 11 is 1.86. The van der Waals surface area contributed by atoms with E-state index in [1.54, 1.807) is 0 Å². The van der Waals surface area contributed by atoms with Crippen LogP contribution in [0.25, 0.3) is 0 Å². The Labute approximate surface area is 122 Å². The molecule has 1 aromatic rings. The summed E-state index contributed by atoms with van der Waals surface area (Å²) in [7, 11) is 0. The average molecular weight is 280 g/mol. The van der Waals surface area contributed by atoms with Gasteiger partial charge in [0.2, 0.25) is 0 Å². The van der Waals surface area contributed by atoms with Crippen LogP contribution in [-0.2, 0) is 5.54 Å². The van der Waals surface area contributed by atoms with Gasteiger partial charge in [0.15, 0.2) is 0 Å². The molecule has 0 saturated heterocycles. The van der Waals surface area contributed by atoms with E-state index < -0.39 is 0 Å². The van der Waals surface area contributed by atoms with Gasteiger partial charge in [0.05, 0.1) is 11.2 Å². The van der Waals surface area contributed by atoms with Gasteiger partial charge in [-0.1, -0.05) is 39.5 Å². The number of hydrogen-bond donors (Lipinski definition) is 1. The molecule has 0 spiro atoms. The van der Waals surface area contributed by atoms with Crippen molar-refractivity contribution in [3.05, 3.63) is 16.1 Å².